The van der Waals surface area contributed by atoms with Crippen LogP contribution in [0.3, 0.4) is 0 Å². The zero-order valence-electron chi connectivity index (χ0n) is 11.8. The fourth-order valence-corrected chi connectivity index (χ4v) is 2.09. The Bertz CT molecular complexity index is 712. The molecule has 2 rings (SSSR count). The number of primary amides is 1. The van der Waals surface area contributed by atoms with Gasteiger partial charge in [0.05, 0.1) is 11.1 Å². The number of hydrogen-bond acceptors (Lipinski definition) is 5. The number of carboxylic acid groups (broad SMARTS) is 1. The molecule has 2 aromatic rings. The van der Waals surface area contributed by atoms with Crippen molar-refractivity contribution in [2.45, 2.75) is 25.8 Å². The molecule has 0 aliphatic rings. The summed E-state index contributed by atoms with van der Waals surface area (Å²) in [7, 11) is 0. The van der Waals surface area contributed by atoms with Crippen molar-refractivity contribution in [1.82, 2.24) is 9.97 Å². The number of rotatable bonds is 5. The summed E-state index contributed by atoms with van der Waals surface area (Å²) >= 11 is 0. The molecule has 1 aromatic heterocycles. The minimum Gasteiger partial charge on any atom is -0.478 e. The van der Waals surface area contributed by atoms with E-state index in [1.165, 1.54) is 18.5 Å². The third-order valence-electron chi connectivity index (χ3n) is 2.96. The molecular weight excluding hydrogens is 272 g/mol. The van der Waals surface area contributed by atoms with Gasteiger partial charge in [-0.1, -0.05) is 0 Å². The molecule has 7 heteroatoms. The zero-order valence-corrected chi connectivity index (χ0v) is 11.8. The van der Waals surface area contributed by atoms with Crippen LogP contribution in [0.1, 0.15) is 30.6 Å². The zero-order chi connectivity index (χ0) is 15.6. The van der Waals surface area contributed by atoms with Crippen LogP contribution in [0.2, 0.25) is 0 Å². The third-order valence-corrected chi connectivity index (χ3v) is 2.96. The van der Waals surface area contributed by atoms with E-state index >= 15 is 0 Å². The lowest BCUT2D eigenvalue weighted by molar-refractivity contribution is -0.118. The third kappa shape index (κ3) is 3.44. The topological polar surface area (TPSA) is 118 Å². The van der Waals surface area contributed by atoms with Gasteiger partial charge in [0.2, 0.25) is 5.91 Å². The number of carbonyl (C=O) groups is 2. The Labute approximate surface area is 121 Å². The van der Waals surface area contributed by atoms with Crippen LogP contribution >= 0.6 is 0 Å². The molecule has 1 heterocycles. The van der Waals surface area contributed by atoms with Crippen molar-refractivity contribution in [3.8, 4) is 0 Å². The number of carboxylic acids is 1. The van der Waals surface area contributed by atoms with Gasteiger partial charge >= 0.3 is 5.97 Å². The number of carbonyl (C=O) groups excluding carboxylic acids is 1. The van der Waals surface area contributed by atoms with E-state index in [4.69, 9.17) is 10.8 Å². The number of fused-ring (bicyclic) bond motifs is 1. The van der Waals surface area contributed by atoms with Gasteiger partial charge in [0.15, 0.2) is 0 Å². The highest BCUT2D eigenvalue weighted by Crippen LogP contribution is 2.24. The number of nitrogens with one attached hydrogen (secondary N) is 1. The number of amides is 1. The number of aromatic carboxylic acids is 1. The molecule has 0 aliphatic carbocycles. The lowest BCUT2D eigenvalue weighted by Crippen LogP contribution is -2.36. The van der Waals surface area contributed by atoms with Crippen molar-refractivity contribution in [3.63, 3.8) is 0 Å². The van der Waals surface area contributed by atoms with E-state index < -0.39 is 17.4 Å². The van der Waals surface area contributed by atoms with Crippen molar-refractivity contribution in [1.29, 1.82) is 0 Å². The second-order valence-corrected chi connectivity index (χ2v) is 5.41. The summed E-state index contributed by atoms with van der Waals surface area (Å²) in [5, 5.41) is 12.8. The van der Waals surface area contributed by atoms with Gasteiger partial charge in [-0.15, -0.1) is 0 Å². The Kier molecular flexibility index (Phi) is 3.75. The van der Waals surface area contributed by atoms with E-state index in [2.05, 4.69) is 15.3 Å². The van der Waals surface area contributed by atoms with E-state index in [1.54, 1.807) is 6.07 Å². The van der Waals surface area contributed by atoms with Gasteiger partial charge in [-0.05, 0) is 32.0 Å². The van der Waals surface area contributed by atoms with Crippen molar-refractivity contribution in [2.24, 2.45) is 5.73 Å². The summed E-state index contributed by atoms with van der Waals surface area (Å²) in [6, 6.07) is 4.60. The number of benzene rings is 1. The highest BCUT2D eigenvalue weighted by molar-refractivity contribution is 5.96. The Morgan fingerprint density at radius 1 is 1.33 bits per heavy atom. The standard InChI is InChI=1S/C14H16N4O3/c1-14(2,6-11(15)19)18-12-9-4-3-8(13(20)21)5-10(9)16-7-17-12/h3-5,7H,6H2,1-2H3,(H2,15,19)(H,20,21)(H,16,17,18). The number of nitrogens with two attached hydrogens (primary N) is 1. The Morgan fingerprint density at radius 2 is 2.05 bits per heavy atom. The molecule has 1 aromatic carbocycles. The Hall–Kier alpha value is -2.70. The van der Waals surface area contributed by atoms with Crippen LogP contribution in [0.5, 0.6) is 0 Å². The van der Waals surface area contributed by atoms with Gasteiger partial charge in [-0.3, -0.25) is 4.79 Å². The van der Waals surface area contributed by atoms with E-state index in [-0.39, 0.29) is 12.0 Å². The fraction of sp³-hybridized carbons (Fsp3) is 0.286. The first-order valence-corrected chi connectivity index (χ1v) is 6.33. The molecule has 0 unspecified atom stereocenters. The smallest absolute Gasteiger partial charge is 0.335 e. The quantitative estimate of drug-likeness (QED) is 0.765. The summed E-state index contributed by atoms with van der Waals surface area (Å²) in [6.45, 7) is 3.66. The second-order valence-electron chi connectivity index (χ2n) is 5.41. The van der Waals surface area contributed by atoms with Gasteiger partial charge in [0.1, 0.15) is 12.1 Å². The van der Waals surface area contributed by atoms with Crippen LogP contribution in [-0.2, 0) is 4.79 Å². The number of nitrogens with zero attached hydrogens (tertiary/aromatic N) is 2. The molecular formula is C14H16N4O3. The summed E-state index contributed by atoms with van der Waals surface area (Å²) in [5.74, 6) is -0.902. The van der Waals surface area contributed by atoms with Crippen molar-refractivity contribution in [2.75, 3.05) is 5.32 Å². The van der Waals surface area contributed by atoms with Gasteiger partial charge in [-0.25, -0.2) is 14.8 Å². The predicted molar refractivity (Wildman–Crippen MR) is 78.0 cm³/mol. The lowest BCUT2D eigenvalue weighted by Gasteiger charge is -2.26. The second kappa shape index (κ2) is 5.35. The summed E-state index contributed by atoms with van der Waals surface area (Å²) in [6.07, 6.45) is 1.49. The van der Waals surface area contributed by atoms with Crippen LogP contribution in [-0.4, -0.2) is 32.5 Å². The van der Waals surface area contributed by atoms with Crippen LogP contribution in [0.15, 0.2) is 24.5 Å². The maximum Gasteiger partial charge on any atom is 0.335 e. The predicted octanol–water partition coefficient (Wildman–Crippen LogP) is 1.39. The van der Waals surface area contributed by atoms with Gasteiger partial charge in [0.25, 0.3) is 0 Å². The average Bonchev–Trinajstić information content (AvgIpc) is 2.36. The van der Waals surface area contributed by atoms with Crippen LogP contribution in [0, 0.1) is 0 Å². The van der Waals surface area contributed by atoms with Gasteiger partial charge in [-0.2, -0.15) is 0 Å². The molecule has 0 fully saturated rings. The minimum absolute atomic E-state index is 0.145. The van der Waals surface area contributed by atoms with E-state index in [0.29, 0.717) is 16.7 Å². The molecule has 0 radical (unpaired) electrons. The summed E-state index contributed by atoms with van der Waals surface area (Å²) in [4.78, 5) is 30.3. The molecule has 0 bridgehead atoms. The normalized spacial score (nSPS) is 11.3. The van der Waals surface area contributed by atoms with Crippen molar-refractivity contribution >= 4 is 28.6 Å². The highest BCUT2D eigenvalue weighted by Gasteiger charge is 2.22. The SMILES string of the molecule is CC(C)(CC(N)=O)Nc1ncnc2cc(C(=O)O)ccc12. The molecule has 110 valence electrons. The largest absolute Gasteiger partial charge is 0.478 e. The van der Waals surface area contributed by atoms with Crippen LogP contribution < -0.4 is 11.1 Å². The van der Waals surface area contributed by atoms with E-state index in [0.717, 1.165) is 0 Å². The number of anilines is 1. The molecule has 0 atom stereocenters. The molecule has 0 saturated carbocycles. The first-order chi connectivity index (χ1) is 9.78. The van der Waals surface area contributed by atoms with Gasteiger partial charge in [0, 0.05) is 17.3 Å². The molecule has 21 heavy (non-hydrogen) atoms. The van der Waals surface area contributed by atoms with E-state index in [1.807, 2.05) is 13.8 Å². The molecule has 4 N–H and O–H groups in total. The monoisotopic (exact) mass is 288 g/mol. The van der Waals surface area contributed by atoms with Crippen LogP contribution in [0.4, 0.5) is 5.82 Å². The molecule has 0 saturated heterocycles. The summed E-state index contributed by atoms with van der Waals surface area (Å²) < 4.78 is 0. The maximum atomic E-state index is 11.1. The van der Waals surface area contributed by atoms with Crippen LogP contribution in [0.25, 0.3) is 10.9 Å². The molecule has 7 nitrogen and oxygen atoms in total. The van der Waals surface area contributed by atoms with Crippen molar-refractivity contribution in [3.05, 3.63) is 30.1 Å². The Morgan fingerprint density at radius 3 is 2.67 bits per heavy atom. The average molecular weight is 288 g/mol. The highest BCUT2D eigenvalue weighted by atomic mass is 16.4. The number of hydrogen-bond donors (Lipinski definition) is 3. The first kappa shape index (κ1) is 14.7. The first-order valence-electron chi connectivity index (χ1n) is 6.33. The molecule has 0 aliphatic heterocycles. The maximum absolute atomic E-state index is 11.1. The number of aromatic nitrogens is 2. The fourth-order valence-electron chi connectivity index (χ4n) is 2.09. The minimum atomic E-state index is -1.01. The van der Waals surface area contributed by atoms with Gasteiger partial charge < -0.3 is 16.2 Å². The van der Waals surface area contributed by atoms with Crippen molar-refractivity contribution < 1.29 is 14.7 Å². The molecule has 1 amide bonds. The summed E-state index contributed by atoms with van der Waals surface area (Å²) in [5.41, 5.74) is 5.32. The molecule has 0 spiro atoms. The Balaban J connectivity index is 2.41. The van der Waals surface area contributed by atoms with E-state index in [9.17, 15) is 9.59 Å². The lowest BCUT2D eigenvalue weighted by atomic mass is 10.00.